The van der Waals surface area contributed by atoms with Gasteiger partial charge in [-0.3, -0.25) is 29.3 Å². The molecule has 9 nitrogen and oxygen atoms in total. The van der Waals surface area contributed by atoms with Crippen molar-refractivity contribution in [2.45, 2.75) is 32.9 Å². The maximum absolute atomic E-state index is 13.1. The van der Waals surface area contributed by atoms with E-state index in [9.17, 15) is 14.4 Å². The van der Waals surface area contributed by atoms with Crippen LogP contribution in [-0.2, 0) is 22.6 Å². The quantitative estimate of drug-likeness (QED) is 0.172. The van der Waals surface area contributed by atoms with Crippen molar-refractivity contribution in [2.75, 3.05) is 11.9 Å². The van der Waals surface area contributed by atoms with Crippen LogP contribution in [-0.4, -0.2) is 33.0 Å². The number of aryl methyl sites for hydroxylation is 1. The Morgan fingerprint density at radius 3 is 2.43 bits per heavy atom. The number of fused-ring (bicyclic) bond motifs is 1. The second-order valence-corrected chi connectivity index (χ2v) is 7.88. The third-order valence-corrected chi connectivity index (χ3v) is 5.28. The van der Waals surface area contributed by atoms with E-state index in [1.807, 2.05) is 51.9 Å². The zero-order valence-electron chi connectivity index (χ0n) is 19.2. The van der Waals surface area contributed by atoms with E-state index in [4.69, 9.17) is 4.74 Å². The van der Waals surface area contributed by atoms with Crippen LogP contribution in [0.1, 0.15) is 35.7 Å². The number of ether oxygens (including phenoxy) is 1. The Morgan fingerprint density at radius 2 is 1.74 bits per heavy atom. The summed E-state index contributed by atoms with van der Waals surface area (Å²) in [7, 11) is 0. The van der Waals surface area contributed by atoms with Gasteiger partial charge in [0, 0.05) is 12.5 Å². The largest absolute Gasteiger partial charge is 1.00 e. The number of benzene rings is 2. The minimum Gasteiger partial charge on any atom is -1.00 e. The fraction of sp³-hybridized carbons (Fsp3) is 0.240. The molecule has 0 bridgehead atoms. The van der Waals surface area contributed by atoms with Crippen LogP contribution in [0.4, 0.5) is 5.95 Å². The molecule has 0 unspecified atom stereocenters. The molecule has 2 aromatic heterocycles. The number of carbonyl (C=O) groups excluding carboxylic acids is 2. The molecule has 182 valence electrons. The lowest BCUT2D eigenvalue weighted by molar-refractivity contribution is -0.674. The second kappa shape index (κ2) is 12.1. The van der Waals surface area contributed by atoms with E-state index in [2.05, 4.69) is 15.3 Å². The highest BCUT2D eigenvalue weighted by atomic mass is 79.9. The monoisotopic (exact) mass is 539 g/mol. The Balaban J connectivity index is 0.00000342. The number of amides is 1. The summed E-state index contributed by atoms with van der Waals surface area (Å²) in [5.74, 6) is -0.587. The summed E-state index contributed by atoms with van der Waals surface area (Å²) < 4.78 is 8.74. The summed E-state index contributed by atoms with van der Waals surface area (Å²) in [6, 6.07) is 18.5. The second-order valence-electron chi connectivity index (χ2n) is 7.88. The van der Waals surface area contributed by atoms with Crippen molar-refractivity contribution in [1.29, 1.82) is 0 Å². The van der Waals surface area contributed by atoms with E-state index in [1.54, 1.807) is 24.3 Å². The molecule has 1 amide bonds. The smallest absolute Gasteiger partial charge is 0.311 e. The summed E-state index contributed by atoms with van der Waals surface area (Å²) in [4.78, 5) is 43.8. The fourth-order valence-electron chi connectivity index (χ4n) is 3.69. The van der Waals surface area contributed by atoms with Crippen LogP contribution in [0, 0.1) is 0 Å². The summed E-state index contributed by atoms with van der Waals surface area (Å²) in [5.41, 5.74) is 2.05. The molecule has 2 heterocycles. The van der Waals surface area contributed by atoms with Gasteiger partial charge in [0.15, 0.2) is 6.33 Å². The standard InChI is InChI=1S/C25H25N5O4.BrH/c1-18(31)34-15-9-8-14-29-17-30(16-19-10-4-2-5-11-19)21-22(29)26-25(28-24(21)33)27-23(32)20-12-6-3-7-13-20;/h2-7,10-13,17H,8-9,14-16H2,1H3,(H-,26,27,28,32,33);1H. The maximum Gasteiger partial charge on any atom is 0.311 e. The number of hydrogen-bond acceptors (Lipinski definition) is 5. The number of rotatable bonds is 9. The number of imidazole rings is 1. The normalized spacial score (nSPS) is 10.5. The molecular formula is C25H26BrN5O4. The minimum atomic E-state index is -0.361. The van der Waals surface area contributed by atoms with E-state index < -0.39 is 0 Å². The molecule has 35 heavy (non-hydrogen) atoms. The molecule has 0 aliphatic heterocycles. The van der Waals surface area contributed by atoms with Gasteiger partial charge in [-0.1, -0.05) is 53.5 Å². The lowest BCUT2D eigenvalue weighted by atomic mass is 10.2. The summed E-state index contributed by atoms with van der Waals surface area (Å²) in [6.07, 6.45) is 3.26. The van der Waals surface area contributed by atoms with Crippen molar-refractivity contribution < 1.29 is 35.9 Å². The average molecular weight is 540 g/mol. The van der Waals surface area contributed by atoms with Crippen LogP contribution in [0.3, 0.4) is 0 Å². The van der Waals surface area contributed by atoms with Gasteiger partial charge in [0.1, 0.15) is 0 Å². The number of nitrogens with zero attached hydrogens (tertiary/aromatic N) is 3. The van der Waals surface area contributed by atoms with Crippen LogP contribution in [0.5, 0.6) is 0 Å². The molecule has 0 aliphatic rings. The van der Waals surface area contributed by atoms with Gasteiger partial charge in [0.2, 0.25) is 5.52 Å². The number of carbonyl (C=O) groups is 2. The summed E-state index contributed by atoms with van der Waals surface area (Å²) in [5, 5.41) is 2.68. The van der Waals surface area contributed by atoms with E-state index >= 15 is 0 Å². The van der Waals surface area contributed by atoms with Gasteiger partial charge in [0.25, 0.3) is 17.4 Å². The molecule has 10 heteroatoms. The molecule has 2 aromatic carbocycles. The number of hydrogen-bond donors (Lipinski definition) is 2. The van der Waals surface area contributed by atoms with Crippen LogP contribution in [0.25, 0.3) is 11.2 Å². The number of H-pyrrole nitrogens is 1. The number of anilines is 1. The predicted molar refractivity (Wildman–Crippen MR) is 126 cm³/mol. The highest BCUT2D eigenvalue weighted by Gasteiger charge is 2.23. The zero-order valence-corrected chi connectivity index (χ0v) is 20.8. The lowest BCUT2D eigenvalue weighted by Gasteiger charge is -2.03. The van der Waals surface area contributed by atoms with Gasteiger partial charge in [-0.2, -0.15) is 0 Å². The van der Waals surface area contributed by atoms with Crippen molar-refractivity contribution >= 4 is 29.0 Å². The van der Waals surface area contributed by atoms with Crippen LogP contribution in [0.2, 0.25) is 0 Å². The van der Waals surface area contributed by atoms with Crippen molar-refractivity contribution in [3.63, 3.8) is 0 Å². The SMILES string of the molecule is CC(=O)OCCCC[n+]1cn(Cc2ccccc2)c2c(=O)[nH]c(NC(=O)c3ccccc3)nc21.[Br-]. The number of aromatic amines is 1. The van der Waals surface area contributed by atoms with Crippen molar-refractivity contribution in [3.05, 3.63) is 88.5 Å². The maximum atomic E-state index is 13.1. The van der Waals surface area contributed by atoms with Gasteiger partial charge in [-0.05, 0) is 30.5 Å². The molecule has 0 aliphatic carbocycles. The molecular weight excluding hydrogens is 514 g/mol. The third-order valence-electron chi connectivity index (χ3n) is 5.28. The Morgan fingerprint density at radius 1 is 1.06 bits per heavy atom. The van der Waals surface area contributed by atoms with E-state index in [0.717, 1.165) is 12.0 Å². The lowest BCUT2D eigenvalue weighted by Crippen LogP contribution is -3.00. The third kappa shape index (κ3) is 6.63. The molecule has 0 atom stereocenters. The first kappa shape index (κ1) is 25.8. The molecule has 0 spiro atoms. The molecule has 0 radical (unpaired) electrons. The Labute approximate surface area is 212 Å². The molecule has 0 fully saturated rings. The highest BCUT2D eigenvalue weighted by molar-refractivity contribution is 6.03. The highest BCUT2D eigenvalue weighted by Crippen LogP contribution is 2.11. The summed E-state index contributed by atoms with van der Waals surface area (Å²) >= 11 is 0. The molecule has 4 aromatic rings. The van der Waals surface area contributed by atoms with Crippen LogP contribution < -0.4 is 32.4 Å². The number of unbranched alkanes of at least 4 members (excludes halogenated alkanes) is 1. The Bertz CT molecular complexity index is 1350. The van der Waals surface area contributed by atoms with Gasteiger partial charge >= 0.3 is 11.6 Å². The number of aromatic nitrogens is 4. The first-order chi connectivity index (χ1) is 16.5. The van der Waals surface area contributed by atoms with Crippen LogP contribution >= 0.6 is 0 Å². The predicted octanol–water partition coefficient (Wildman–Crippen LogP) is -0.340. The topological polar surface area (TPSA) is 110 Å². The number of nitrogens with one attached hydrogen (secondary N) is 2. The zero-order chi connectivity index (χ0) is 23.9. The molecule has 0 saturated heterocycles. The number of esters is 1. The van der Waals surface area contributed by atoms with Crippen molar-refractivity contribution in [1.82, 2.24) is 14.5 Å². The van der Waals surface area contributed by atoms with Gasteiger partial charge in [0.05, 0.1) is 19.7 Å². The van der Waals surface area contributed by atoms with Gasteiger partial charge in [-0.25, -0.2) is 4.57 Å². The Hall–Kier alpha value is -3.79. The van der Waals surface area contributed by atoms with E-state index in [0.29, 0.717) is 42.8 Å². The van der Waals surface area contributed by atoms with Crippen molar-refractivity contribution in [3.8, 4) is 0 Å². The fourth-order valence-corrected chi connectivity index (χ4v) is 3.69. The average Bonchev–Trinajstić information content (AvgIpc) is 3.17. The molecule has 4 rings (SSSR count). The first-order valence-corrected chi connectivity index (χ1v) is 11.1. The summed E-state index contributed by atoms with van der Waals surface area (Å²) in [6.45, 7) is 2.79. The first-order valence-electron chi connectivity index (χ1n) is 11.1. The number of halogens is 1. The Kier molecular flexibility index (Phi) is 8.91. The van der Waals surface area contributed by atoms with E-state index in [1.165, 1.54) is 6.92 Å². The van der Waals surface area contributed by atoms with Gasteiger partial charge in [-0.15, -0.1) is 0 Å². The van der Waals surface area contributed by atoms with E-state index in [-0.39, 0.29) is 40.4 Å². The van der Waals surface area contributed by atoms with Gasteiger partial charge < -0.3 is 21.7 Å². The minimum absolute atomic E-state index is 0. The van der Waals surface area contributed by atoms with Crippen molar-refractivity contribution in [2.24, 2.45) is 0 Å². The molecule has 0 saturated carbocycles. The molecule has 2 N–H and O–H groups in total. The van der Waals surface area contributed by atoms with Crippen LogP contribution in [0.15, 0.2) is 71.8 Å².